The number of rotatable bonds is 3. The minimum Gasteiger partial charge on any atom is -0.424 e. The molecule has 0 fully saturated rings. The summed E-state index contributed by atoms with van der Waals surface area (Å²) in [7, 11) is 0. The van der Waals surface area contributed by atoms with Gasteiger partial charge in [0.1, 0.15) is 5.76 Å². The van der Waals surface area contributed by atoms with Gasteiger partial charge in [0.2, 0.25) is 0 Å². The van der Waals surface area contributed by atoms with E-state index >= 15 is 0 Å². The van der Waals surface area contributed by atoms with Crippen molar-refractivity contribution in [2.45, 2.75) is 19.8 Å². The molecule has 3 heteroatoms. The van der Waals surface area contributed by atoms with Crippen LogP contribution in [0.25, 0.3) is 0 Å². The van der Waals surface area contributed by atoms with Crippen molar-refractivity contribution in [3.8, 4) is 0 Å². The van der Waals surface area contributed by atoms with Gasteiger partial charge in [0.05, 0.1) is 0 Å². The second-order valence-corrected chi connectivity index (χ2v) is 3.03. The van der Waals surface area contributed by atoms with Crippen LogP contribution < -0.4 is 0 Å². The van der Waals surface area contributed by atoms with E-state index in [1.54, 1.807) is 13.0 Å². The molecule has 66 valence electrons. The lowest BCUT2D eigenvalue weighted by molar-refractivity contribution is -0.133. The largest absolute Gasteiger partial charge is 0.424 e. The second-order valence-electron chi connectivity index (χ2n) is 2.65. The van der Waals surface area contributed by atoms with Crippen LogP contribution >= 0.6 is 11.6 Å². The van der Waals surface area contributed by atoms with Crippen LogP contribution in [0.15, 0.2) is 23.5 Å². The van der Waals surface area contributed by atoms with Gasteiger partial charge in [-0.2, -0.15) is 0 Å². The van der Waals surface area contributed by atoms with Gasteiger partial charge in [0, 0.05) is 11.5 Å². The summed E-state index contributed by atoms with van der Waals surface area (Å²) in [4.78, 5) is 10.9. The van der Waals surface area contributed by atoms with Crippen molar-refractivity contribution in [3.05, 3.63) is 23.5 Å². The van der Waals surface area contributed by atoms with Gasteiger partial charge in [0.25, 0.3) is 0 Å². The number of carbonyl (C=O) groups excluding carboxylic acids is 1. The molecule has 1 heterocycles. The highest BCUT2D eigenvalue weighted by Crippen LogP contribution is 2.16. The third kappa shape index (κ3) is 2.38. The number of cyclic esters (lactones) is 1. The molecule has 0 saturated heterocycles. The summed E-state index contributed by atoms with van der Waals surface area (Å²) < 4.78 is 4.91. The van der Waals surface area contributed by atoms with Crippen LogP contribution in [0, 0.1) is 0 Å². The molecule has 0 aromatic heterocycles. The fraction of sp³-hybridized carbons (Fsp3) is 0.444. The predicted octanol–water partition coefficient (Wildman–Crippen LogP) is 2.39. The fourth-order valence-corrected chi connectivity index (χ4v) is 1.07. The smallest absolute Gasteiger partial charge is 0.339 e. The Morgan fingerprint density at radius 1 is 1.67 bits per heavy atom. The van der Waals surface area contributed by atoms with Crippen LogP contribution in [-0.4, -0.2) is 11.8 Å². The first kappa shape index (κ1) is 9.33. The van der Waals surface area contributed by atoms with Crippen molar-refractivity contribution in [1.82, 2.24) is 0 Å². The number of halogens is 1. The lowest BCUT2D eigenvalue weighted by Gasteiger charge is -1.94. The summed E-state index contributed by atoms with van der Waals surface area (Å²) in [5.74, 6) is 1.05. The third-order valence-corrected chi connectivity index (χ3v) is 1.84. The van der Waals surface area contributed by atoms with Gasteiger partial charge in [-0.15, -0.1) is 11.6 Å². The Morgan fingerprint density at radius 2 is 2.42 bits per heavy atom. The zero-order chi connectivity index (χ0) is 8.97. The van der Waals surface area contributed by atoms with Crippen molar-refractivity contribution in [2.75, 3.05) is 5.88 Å². The van der Waals surface area contributed by atoms with Crippen molar-refractivity contribution >= 4 is 17.6 Å². The number of hydrogen-bond acceptors (Lipinski definition) is 2. The molecule has 0 spiro atoms. The molecule has 2 nitrogen and oxygen atoms in total. The zero-order valence-electron chi connectivity index (χ0n) is 6.97. The topological polar surface area (TPSA) is 26.3 Å². The summed E-state index contributed by atoms with van der Waals surface area (Å²) in [5.41, 5.74) is 0.659. The average molecular weight is 187 g/mol. The minimum absolute atomic E-state index is 0.243. The Kier molecular flexibility index (Phi) is 3.35. The summed E-state index contributed by atoms with van der Waals surface area (Å²) in [6, 6.07) is 0. The van der Waals surface area contributed by atoms with Crippen molar-refractivity contribution in [3.63, 3.8) is 0 Å². The van der Waals surface area contributed by atoms with E-state index in [0.29, 0.717) is 17.2 Å². The van der Waals surface area contributed by atoms with Gasteiger partial charge < -0.3 is 4.74 Å². The molecule has 1 rings (SSSR count). The molecule has 1 aliphatic heterocycles. The molecule has 0 aromatic carbocycles. The van der Waals surface area contributed by atoms with Crippen LogP contribution in [0.3, 0.4) is 0 Å². The second kappa shape index (κ2) is 4.31. The molecule has 0 aliphatic carbocycles. The fourth-order valence-electron chi connectivity index (χ4n) is 0.911. The van der Waals surface area contributed by atoms with Crippen LogP contribution in [0.4, 0.5) is 0 Å². The predicted molar refractivity (Wildman–Crippen MR) is 47.9 cm³/mol. The minimum atomic E-state index is -0.243. The quantitative estimate of drug-likeness (QED) is 0.384. The average Bonchev–Trinajstić information content (AvgIpc) is 2.32. The molecular formula is C9H11ClO2. The number of hydrogen-bond donors (Lipinski definition) is 0. The first-order valence-corrected chi connectivity index (χ1v) is 4.44. The zero-order valence-corrected chi connectivity index (χ0v) is 7.73. The van der Waals surface area contributed by atoms with Crippen molar-refractivity contribution < 1.29 is 9.53 Å². The van der Waals surface area contributed by atoms with E-state index in [9.17, 15) is 4.79 Å². The monoisotopic (exact) mass is 186 g/mol. The van der Waals surface area contributed by atoms with Crippen molar-refractivity contribution in [2.24, 2.45) is 0 Å². The molecule has 0 unspecified atom stereocenters. The Morgan fingerprint density at radius 3 is 2.92 bits per heavy atom. The highest BCUT2D eigenvalue weighted by molar-refractivity contribution is 6.17. The summed E-state index contributed by atoms with van der Waals surface area (Å²) >= 11 is 5.49. The van der Waals surface area contributed by atoms with Gasteiger partial charge in [-0.3, -0.25) is 0 Å². The molecule has 0 aromatic rings. The van der Waals surface area contributed by atoms with Gasteiger partial charge >= 0.3 is 5.97 Å². The Labute approximate surface area is 76.9 Å². The number of esters is 1. The first-order valence-electron chi connectivity index (χ1n) is 3.90. The Bertz CT molecular complexity index is 241. The van der Waals surface area contributed by atoms with Crippen LogP contribution in [0.1, 0.15) is 19.8 Å². The normalized spacial score (nSPS) is 19.7. The molecule has 0 saturated carbocycles. The molecule has 1 aliphatic rings. The van der Waals surface area contributed by atoms with Gasteiger partial charge in [0.15, 0.2) is 0 Å². The number of ether oxygens (including phenoxy) is 1. The Hall–Kier alpha value is -0.760. The maximum Gasteiger partial charge on any atom is 0.339 e. The van der Waals surface area contributed by atoms with Gasteiger partial charge in [-0.05, 0) is 31.9 Å². The number of unbranched alkanes of at least 4 members (excludes halogenated alkanes) is 1. The summed E-state index contributed by atoms with van der Waals surface area (Å²) in [6.45, 7) is 1.74. The van der Waals surface area contributed by atoms with Gasteiger partial charge in [-0.25, -0.2) is 4.79 Å². The third-order valence-electron chi connectivity index (χ3n) is 1.57. The van der Waals surface area contributed by atoms with E-state index in [-0.39, 0.29) is 5.97 Å². The molecule has 0 amide bonds. The Balaban J connectivity index is 2.46. The van der Waals surface area contributed by atoms with E-state index in [0.717, 1.165) is 12.8 Å². The summed E-state index contributed by atoms with van der Waals surface area (Å²) in [6.07, 6.45) is 5.40. The maximum absolute atomic E-state index is 10.9. The molecule has 0 N–H and O–H groups in total. The molecule has 0 bridgehead atoms. The lowest BCUT2D eigenvalue weighted by Crippen LogP contribution is -1.94. The van der Waals surface area contributed by atoms with Gasteiger partial charge in [-0.1, -0.05) is 0 Å². The van der Waals surface area contributed by atoms with Crippen molar-refractivity contribution in [1.29, 1.82) is 0 Å². The van der Waals surface area contributed by atoms with E-state index in [1.807, 2.05) is 6.08 Å². The van der Waals surface area contributed by atoms with Crippen LogP contribution in [0.5, 0.6) is 0 Å². The number of allylic oxidation sites excluding steroid dienone is 2. The van der Waals surface area contributed by atoms with E-state index in [2.05, 4.69) is 0 Å². The molecular weight excluding hydrogens is 176 g/mol. The number of carbonyl (C=O) groups is 1. The van der Waals surface area contributed by atoms with Crippen LogP contribution in [-0.2, 0) is 9.53 Å². The summed E-state index contributed by atoms with van der Waals surface area (Å²) in [5, 5.41) is 0. The molecule has 0 atom stereocenters. The van der Waals surface area contributed by atoms with E-state index in [4.69, 9.17) is 16.3 Å². The highest BCUT2D eigenvalue weighted by atomic mass is 35.5. The van der Waals surface area contributed by atoms with E-state index in [1.165, 1.54) is 0 Å². The lowest BCUT2D eigenvalue weighted by atomic mass is 10.2. The van der Waals surface area contributed by atoms with Crippen LogP contribution in [0.2, 0.25) is 0 Å². The number of alkyl halides is 1. The van der Waals surface area contributed by atoms with E-state index < -0.39 is 0 Å². The molecule has 12 heavy (non-hydrogen) atoms. The highest BCUT2D eigenvalue weighted by Gasteiger charge is 2.15. The molecule has 0 radical (unpaired) electrons. The maximum atomic E-state index is 10.9. The standard InChI is InChI=1S/C9H11ClO2/c1-7-6-8(12-9(7)11)4-2-3-5-10/h4,6H,2-3,5H2,1H3/b8-4-. The SMILES string of the molecule is CC1=C/C(=C/CCCCl)OC1=O. The first-order chi connectivity index (χ1) is 5.74.